The van der Waals surface area contributed by atoms with Crippen molar-refractivity contribution in [2.75, 3.05) is 24.6 Å². The monoisotopic (exact) mass is 258 g/mol. The molecule has 1 rings (SSSR count). The lowest BCUT2D eigenvalue weighted by Gasteiger charge is -2.35. The normalized spacial score (nSPS) is 23.7. The highest BCUT2D eigenvalue weighted by atomic mass is 32.2. The molecule has 100 valence electrons. The third-order valence-corrected chi connectivity index (χ3v) is 4.62. The van der Waals surface area contributed by atoms with Crippen LogP contribution in [0.15, 0.2) is 0 Å². The number of hydrogen-bond acceptors (Lipinski definition) is 3. The zero-order valence-corrected chi connectivity index (χ0v) is 12.3. The number of carbonyl (C=O) groups excluding carboxylic acids is 1. The van der Waals surface area contributed by atoms with E-state index in [4.69, 9.17) is 0 Å². The molecule has 0 spiro atoms. The van der Waals surface area contributed by atoms with Crippen LogP contribution >= 0.6 is 11.8 Å². The minimum absolute atomic E-state index is 0.0826. The summed E-state index contributed by atoms with van der Waals surface area (Å²) in [4.78, 5) is 11.4. The quantitative estimate of drug-likeness (QED) is 0.740. The zero-order chi connectivity index (χ0) is 12.9. The molecule has 0 bridgehead atoms. The zero-order valence-electron chi connectivity index (χ0n) is 11.5. The predicted molar refractivity (Wildman–Crippen MR) is 75.4 cm³/mol. The van der Waals surface area contributed by atoms with E-state index in [0.717, 1.165) is 13.1 Å². The van der Waals surface area contributed by atoms with Crippen molar-refractivity contribution in [3.05, 3.63) is 0 Å². The summed E-state index contributed by atoms with van der Waals surface area (Å²) in [6.07, 6.45) is 1.23. The first-order chi connectivity index (χ1) is 7.91. The van der Waals surface area contributed by atoms with Crippen LogP contribution in [0.3, 0.4) is 0 Å². The highest BCUT2D eigenvalue weighted by Gasteiger charge is 2.27. The Morgan fingerprint density at radius 2 is 2.12 bits per heavy atom. The first kappa shape index (κ1) is 14.8. The van der Waals surface area contributed by atoms with Gasteiger partial charge in [0.2, 0.25) is 5.91 Å². The highest BCUT2D eigenvalue weighted by molar-refractivity contribution is 7.99. The largest absolute Gasteiger partial charge is 0.355 e. The van der Waals surface area contributed by atoms with Gasteiger partial charge < -0.3 is 10.6 Å². The second-order valence-corrected chi connectivity index (χ2v) is 7.01. The maximum atomic E-state index is 11.4. The van der Waals surface area contributed by atoms with Crippen molar-refractivity contribution in [2.24, 2.45) is 11.3 Å². The molecule has 0 radical (unpaired) electrons. The van der Waals surface area contributed by atoms with Crippen LogP contribution in [0.4, 0.5) is 0 Å². The van der Waals surface area contributed by atoms with Gasteiger partial charge >= 0.3 is 0 Å². The van der Waals surface area contributed by atoms with E-state index in [1.54, 1.807) is 0 Å². The van der Waals surface area contributed by atoms with Gasteiger partial charge in [-0.3, -0.25) is 4.79 Å². The van der Waals surface area contributed by atoms with E-state index in [9.17, 15) is 4.79 Å². The minimum atomic E-state index is 0.0826. The van der Waals surface area contributed by atoms with Gasteiger partial charge in [-0.05, 0) is 17.6 Å². The van der Waals surface area contributed by atoms with Crippen molar-refractivity contribution in [2.45, 2.75) is 40.2 Å². The number of carbonyl (C=O) groups is 1. The Bertz CT molecular complexity index is 254. The summed E-state index contributed by atoms with van der Waals surface area (Å²) in [7, 11) is 0. The van der Waals surface area contributed by atoms with Gasteiger partial charge in [-0.15, -0.1) is 0 Å². The molecule has 1 heterocycles. The first-order valence-electron chi connectivity index (χ1n) is 6.49. The number of hydrogen-bond donors (Lipinski definition) is 2. The number of thioether (sulfide) groups is 1. The molecule has 0 aliphatic carbocycles. The van der Waals surface area contributed by atoms with Crippen LogP contribution in [0, 0.1) is 11.3 Å². The first-order valence-corrected chi connectivity index (χ1v) is 7.65. The van der Waals surface area contributed by atoms with E-state index in [0.29, 0.717) is 11.5 Å². The van der Waals surface area contributed by atoms with Crippen molar-refractivity contribution in [3.8, 4) is 0 Å². The molecule has 1 aliphatic heterocycles. The summed E-state index contributed by atoms with van der Waals surface area (Å²) in [6.45, 7) is 10.1. The van der Waals surface area contributed by atoms with Gasteiger partial charge in [0.05, 0.1) is 0 Å². The third-order valence-electron chi connectivity index (χ3n) is 2.99. The summed E-state index contributed by atoms with van der Waals surface area (Å²) < 4.78 is 0. The lowest BCUT2D eigenvalue weighted by atomic mass is 9.88. The minimum Gasteiger partial charge on any atom is -0.355 e. The molecule has 1 unspecified atom stereocenters. The second kappa shape index (κ2) is 6.64. The Kier molecular flexibility index (Phi) is 5.80. The second-order valence-electron chi connectivity index (χ2n) is 5.98. The fraction of sp³-hybridized carbons (Fsp3) is 0.923. The standard InChI is InChI=1S/C13H26N2OS/c1-10(2)12(16)15-6-5-14-11-7-13(3,4)9-17-8-11/h10-11,14H,5-9H2,1-4H3,(H,15,16). The van der Waals surface area contributed by atoms with E-state index in [1.807, 2.05) is 25.6 Å². The summed E-state index contributed by atoms with van der Waals surface area (Å²) in [5, 5.41) is 6.47. The van der Waals surface area contributed by atoms with Crippen molar-refractivity contribution in [3.63, 3.8) is 0 Å². The number of nitrogens with one attached hydrogen (secondary N) is 2. The van der Waals surface area contributed by atoms with Gasteiger partial charge in [-0.2, -0.15) is 11.8 Å². The molecule has 1 fully saturated rings. The molecule has 0 aromatic carbocycles. The van der Waals surface area contributed by atoms with Crippen LogP contribution in [0.5, 0.6) is 0 Å². The molecule has 0 saturated carbocycles. The van der Waals surface area contributed by atoms with E-state index in [2.05, 4.69) is 24.5 Å². The molecule has 4 heteroatoms. The summed E-state index contributed by atoms with van der Waals surface area (Å²) in [6, 6.07) is 0.597. The Morgan fingerprint density at radius 3 is 2.71 bits per heavy atom. The molecule has 1 amide bonds. The van der Waals surface area contributed by atoms with E-state index in [1.165, 1.54) is 17.9 Å². The van der Waals surface area contributed by atoms with Crippen LogP contribution in [0.25, 0.3) is 0 Å². The topological polar surface area (TPSA) is 41.1 Å². The van der Waals surface area contributed by atoms with Crippen LogP contribution < -0.4 is 10.6 Å². The molecule has 1 atom stereocenters. The Labute approximate surface area is 109 Å². The SMILES string of the molecule is CC(C)C(=O)NCCNC1CSCC(C)(C)C1. The third kappa shape index (κ3) is 5.77. The smallest absolute Gasteiger partial charge is 0.222 e. The molecule has 3 nitrogen and oxygen atoms in total. The van der Waals surface area contributed by atoms with Crippen molar-refractivity contribution < 1.29 is 4.79 Å². The summed E-state index contributed by atoms with van der Waals surface area (Å²) >= 11 is 2.03. The van der Waals surface area contributed by atoms with Crippen LogP contribution in [0.2, 0.25) is 0 Å². The van der Waals surface area contributed by atoms with Crippen molar-refractivity contribution in [1.29, 1.82) is 0 Å². The molecule has 2 N–H and O–H groups in total. The van der Waals surface area contributed by atoms with E-state index >= 15 is 0 Å². The van der Waals surface area contributed by atoms with Gasteiger partial charge in [0.1, 0.15) is 0 Å². The Hall–Kier alpha value is -0.220. The summed E-state index contributed by atoms with van der Waals surface area (Å²) in [5.41, 5.74) is 0.446. The molecular formula is C13H26N2OS. The van der Waals surface area contributed by atoms with E-state index < -0.39 is 0 Å². The van der Waals surface area contributed by atoms with Crippen LogP contribution in [-0.4, -0.2) is 36.5 Å². The molecule has 1 saturated heterocycles. The molecule has 1 aliphatic rings. The molecule has 0 aromatic heterocycles. The predicted octanol–water partition coefficient (Wildman–Crippen LogP) is 1.88. The maximum Gasteiger partial charge on any atom is 0.222 e. The van der Waals surface area contributed by atoms with Crippen LogP contribution in [-0.2, 0) is 4.79 Å². The Morgan fingerprint density at radius 1 is 1.41 bits per heavy atom. The average molecular weight is 258 g/mol. The van der Waals surface area contributed by atoms with Gasteiger partial charge in [-0.1, -0.05) is 27.7 Å². The molecular weight excluding hydrogens is 232 g/mol. The maximum absolute atomic E-state index is 11.4. The van der Waals surface area contributed by atoms with Crippen molar-refractivity contribution >= 4 is 17.7 Å². The van der Waals surface area contributed by atoms with Gasteiger partial charge in [0.25, 0.3) is 0 Å². The fourth-order valence-electron chi connectivity index (χ4n) is 2.06. The lowest BCUT2D eigenvalue weighted by Crippen LogP contribution is -2.43. The Balaban J connectivity index is 2.12. The molecule has 17 heavy (non-hydrogen) atoms. The fourth-order valence-corrected chi connectivity index (χ4v) is 3.37. The van der Waals surface area contributed by atoms with Gasteiger partial charge in [0, 0.05) is 30.8 Å². The van der Waals surface area contributed by atoms with Crippen molar-refractivity contribution in [1.82, 2.24) is 10.6 Å². The number of amides is 1. The van der Waals surface area contributed by atoms with Gasteiger partial charge in [0.15, 0.2) is 0 Å². The highest BCUT2D eigenvalue weighted by Crippen LogP contribution is 2.33. The lowest BCUT2D eigenvalue weighted by molar-refractivity contribution is -0.123. The van der Waals surface area contributed by atoms with Crippen LogP contribution in [0.1, 0.15) is 34.1 Å². The molecule has 0 aromatic rings. The summed E-state index contributed by atoms with van der Waals surface area (Å²) in [5.74, 6) is 2.68. The van der Waals surface area contributed by atoms with Gasteiger partial charge in [-0.25, -0.2) is 0 Å². The average Bonchev–Trinajstić information content (AvgIpc) is 2.22. The number of rotatable bonds is 5. The van der Waals surface area contributed by atoms with E-state index in [-0.39, 0.29) is 11.8 Å².